The Balaban J connectivity index is 0.0000144. The van der Waals surface area contributed by atoms with Crippen molar-refractivity contribution in [2.75, 3.05) is 64.7 Å². The molecule has 1 heterocycles. The van der Waals surface area contributed by atoms with Gasteiger partial charge in [0, 0.05) is 20.1 Å². The molecule has 6 nitrogen and oxygen atoms in total. The Bertz CT molecular complexity index is 657. The number of ether oxygens (including phenoxy) is 3. The number of hydrogen-bond donors (Lipinski definition) is 1. The van der Waals surface area contributed by atoms with Gasteiger partial charge in [-0.05, 0) is 30.1 Å². The Morgan fingerprint density at radius 3 is 1.79 bits per heavy atom. The molecule has 8 heteroatoms. The highest BCUT2D eigenvalue weighted by Gasteiger charge is 2.21. The van der Waals surface area contributed by atoms with Crippen molar-refractivity contribution < 1.29 is 27.5 Å². The monoisotopic (exact) mass is 598 g/mol. The second kappa shape index (κ2) is 23.6. The Morgan fingerprint density at radius 1 is 0.769 bits per heavy atom. The van der Waals surface area contributed by atoms with Crippen LogP contribution < -0.4 is 4.90 Å². The van der Waals surface area contributed by atoms with E-state index in [4.69, 9.17) is 14.2 Å². The van der Waals surface area contributed by atoms with Crippen molar-refractivity contribution in [3.8, 4) is 0 Å². The summed E-state index contributed by atoms with van der Waals surface area (Å²) in [5.41, 5.74) is 0. The van der Waals surface area contributed by atoms with E-state index in [0.29, 0.717) is 25.6 Å². The van der Waals surface area contributed by atoms with E-state index in [0.717, 1.165) is 57.0 Å². The van der Waals surface area contributed by atoms with Gasteiger partial charge in [-0.15, -0.1) is 12.4 Å². The van der Waals surface area contributed by atoms with Gasteiger partial charge in [0.1, 0.15) is 13.1 Å². The SMILES string of the molecule is COC(COCCC(C)CCCC(C)CCCC(C)CCCC(C)C)CS(=O)(=O)CCC[NH+]1CCOCC1.Cl. The summed E-state index contributed by atoms with van der Waals surface area (Å²) >= 11 is 0. The van der Waals surface area contributed by atoms with E-state index < -0.39 is 9.84 Å². The highest BCUT2D eigenvalue weighted by atomic mass is 35.5. The minimum Gasteiger partial charge on any atom is -0.379 e. The fraction of sp³-hybridized carbons (Fsp3) is 1.00. The van der Waals surface area contributed by atoms with Crippen LogP contribution in [0.15, 0.2) is 0 Å². The van der Waals surface area contributed by atoms with Crippen molar-refractivity contribution in [1.29, 1.82) is 0 Å². The molecule has 0 saturated carbocycles. The van der Waals surface area contributed by atoms with Crippen LogP contribution in [0.1, 0.15) is 105 Å². The van der Waals surface area contributed by atoms with Crippen molar-refractivity contribution in [2.24, 2.45) is 23.7 Å². The van der Waals surface area contributed by atoms with E-state index in [2.05, 4.69) is 34.6 Å². The number of morpholine rings is 1. The van der Waals surface area contributed by atoms with Crippen LogP contribution in [-0.2, 0) is 24.0 Å². The zero-order valence-corrected chi connectivity index (χ0v) is 28.0. The zero-order chi connectivity index (χ0) is 28.2. The first kappa shape index (κ1) is 39.1. The first-order valence-electron chi connectivity index (χ1n) is 15.8. The van der Waals surface area contributed by atoms with E-state index in [1.54, 1.807) is 7.11 Å². The lowest BCUT2D eigenvalue weighted by molar-refractivity contribution is -0.908. The molecule has 0 radical (unpaired) electrons. The molecule has 0 aromatic rings. The van der Waals surface area contributed by atoms with Crippen LogP contribution in [0.2, 0.25) is 0 Å². The van der Waals surface area contributed by atoms with E-state index in [-0.39, 0.29) is 30.0 Å². The van der Waals surface area contributed by atoms with Gasteiger partial charge in [-0.2, -0.15) is 0 Å². The van der Waals surface area contributed by atoms with Crippen molar-refractivity contribution in [2.45, 2.75) is 111 Å². The van der Waals surface area contributed by atoms with Crippen LogP contribution in [0, 0.1) is 23.7 Å². The number of nitrogens with one attached hydrogen (secondary N) is 1. The Kier molecular flexibility index (Phi) is 23.7. The molecule has 1 rings (SSSR count). The average molecular weight is 599 g/mol. The van der Waals surface area contributed by atoms with Crippen LogP contribution in [0.3, 0.4) is 0 Å². The molecule has 0 spiro atoms. The summed E-state index contributed by atoms with van der Waals surface area (Å²) in [5.74, 6) is 3.44. The number of halogens is 1. The number of sulfone groups is 1. The largest absolute Gasteiger partial charge is 0.379 e. The van der Waals surface area contributed by atoms with Gasteiger partial charge in [0.2, 0.25) is 0 Å². The lowest BCUT2D eigenvalue weighted by atomic mass is 9.91. The molecular weight excluding hydrogens is 534 g/mol. The van der Waals surface area contributed by atoms with Crippen LogP contribution in [0.25, 0.3) is 0 Å². The van der Waals surface area contributed by atoms with Crippen LogP contribution in [0.4, 0.5) is 0 Å². The number of methoxy groups -OCH3 is 1. The highest BCUT2D eigenvalue weighted by molar-refractivity contribution is 7.91. The van der Waals surface area contributed by atoms with E-state index >= 15 is 0 Å². The molecule has 0 amide bonds. The highest BCUT2D eigenvalue weighted by Crippen LogP contribution is 2.22. The third kappa shape index (κ3) is 22.4. The minimum atomic E-state index is -3.14. The molecule has 236 valence electrons. The summed E-state index contributed by atoms with van der Waals surface area (Å²) < 4.78 is 41.7. The molecule has 1 aliphatic heterocycles. The molecule has 0 aromatic carbocycles. The molecular formula is C31H65ClNO5S+. The minimum absolute atomic E-state index is 0. The first-order chi connectivity index (χ1) is 18.1. The quantitative estimate of drug-likeness (QED) is 0.146. The lowest BCUT2D eigenvalue weighted by Crippen LogP contribution is -3.14. The molecule has 1 fully saturated rings. The normalized spacial score (nSPS) is 18.0. The van der Waals surface area contributed by atoms with Gasteiger partial charge in [0.15, 0.2) is 9.84 Å². The lowest BCUT2D eigenvalue weighted by Gasteiger charge is -2.23. The summed E-state index contributed by atoms with van der Waals surface area (Å²) in [7, 11) is -1.55. The number of hydrogen-bond acceptors (Lipinski definition) is 5. The molecule has 39 heavy (non-hydrogen) atoms. The summed E-state index contributed by atoms with van der Waals surface area (Å²) in [6.07, 6.45) is 13.5. The Hall–Kier alpha value is 0.0800. The third-order valence-corrected chi connectivity index (χ3v) is 10.1. The maximum Gasteiger partial charge on any atom is 0.153 e. The Labute approximate surface area is 249 Å². The fourth-order valence-corrected chi connectivity index (χ4v) is 6.99. The predicted molar refractivity (Wildman–Crippen MR) is 167 cm³/mol. The predicted octanol–water partition coefficient (Wildman–Crippen LogP) is 5.63. The summed E-state index contributed by atoms with van der Waals surface area (Å²) in [5, 5.41) is 0. The van der Waals surface area contributed by atoms with Gasteiger partial charge in [-0.25, -0.2) is 8.42 Å². The van der Waals surface area contributed by atoms with Crippen molar-refractivity contribution in [3.05, 3.63) is 0 Å². The van der Waals surface area contributed by atoms with Gasteiger partial charge in [0.25, 0.3) is 0 Å². The van der Waals surface area contributed by atoms with Crippen molar-refractivity contribution >= 4 is 22.2 Å². The molecule has 4 unspecified atom stereocenters. The third-order valence-electron chi connectivity index (χ3n) is 8.28. The molecule has 0 bridgehead atoms. The summed E-state index contributed by atoms with van der Waals surface area (Å²) in [6, 6.07) is 0. The standard InChI is InChI=1S/C31H63NO5S.ClH/c1-27(2)11-7-12-28(3)13-8-14-29(4)15-9-16-30(5)17-21-37-25-31(35-6)26-38(33,34)24-10-18-32-19-22-36-23-20-32;/h27-31H,7-26H2,1-6H3;1H/p+1. The number of quaternary nitrogens is 1. The van der Waals surface area contributed by atoms with Gasteiger partial charge in [-0.3, -0.25) is 0 Å². The van der Waals surface area contributed by atoms with Gasteiger partial charge < -0.3 is 19.1 Å². The van der Waals surface area contributed by atoms with Crippen molar-refractivity contribution in [3.63, 3.8) is 0 Å². The second-order valence-corrected chi connectivity index (χ2v) is 15.0. The number of rotatable bonds is 24. The zero-order valence-electron chi connectivity index (χ0n) is 26.4. The van der Waals surface area contributed by atoms with E-state index in [1.807, 2.05) is 0 Å². The van der Waals surface area contributed by atoms with Gasteiger partial charge >= 0.3 is 0 Å². The topological polar surface area (TPSA) is 66.3 Å². The maximum absolute atomic E-state index is 12.5. The smallest absolute Gasteiger partial charge is 0.153 e. The average Bonchev–Trinajstić information content (AvgIpc) is 2.86. The molecule has 4 atom stereocenters. The van der Waals surface area contributed by atoms with E-state index in [1.165, 1.54) is 62.7 Å². The van der Waals surface area contributed by atoms with Crippen LogP contribution in [-0.4, -0.2) is 79.2 Å². The van der Waals surface area contributed by atoms with Gasteiger partial charge in [0.05, 0.1) is 44.0 Å². The van der Waals surface area contributed by atoms with Gasteiger partial charge in [-0.1, -0.05) is 92.4 Å². The molecule has 0 aliphatic carbocycles. The van der Waals surface area contributed by atoms with E-state index in [9.17, 15) is 8.42 Å². The first-order valence-corrected chi connectivity index (χ1v) is 17.7. The van der Waals surface area contributed by atoms with Crippen LogP contribution in [0.5, 0.6) is 0 Å². The Morgan fingerprint density at radius 2 is 1.28 bits per heavy atom. The summed E-state index contributed by atoms with van der Waals surface area (Å²) in [4.78, 5) is 1.44. The molecule has 1 aliphatic rings. The summed E-state index contributed by atoms with van der Waals surface area (Å²) in [6.45, 7) is 17.2. The van der Waals surface area contributed by atoms with Crippen LogP contribution >= 0.6 is 12.4 Å². The molecule has 1 N–H and O–H groups in total. The molecule has 0 aromatic heterocycles. The maximum atomic E-state index is 12.5. The second-order valence-electron chi connectivity index (χ2n) is 12.8. The fourth-order valence-electron chi connectivity index (χ4n) is 5.44. The molecule has 1 saturated heterocycles. The van der Waals surface area contributed by atoms with Crippen molar-refractivity contribution in [1.82, 2.24) is 0 Å².